The summed E-state index contributed by atoms with van der Waals surface area (Å²) in [5.41, 5.74) is 2.65. The van der Waals surface area contributed by atoms with Crippen LogP contribution < -0.4 is 10.1 Å². The lowest BCUT2D eigenvalue weighted by Gasteiger charge is -2.20. The van der Waals surface area contributed by atoms with Crippen molar-refractivity contribution in [3.05, 3.63) is 75.7 Å². The molecule has 0 fully saturated rings. The number of carbonyl (C=O) groups excluding carboxylic acids is 2. The Morgan fingerprint density at radius 1 is 1.07 bits per heavy atom. The number of anilines is 1. The van der Waals surface area contributed by atoms with E-state index >= 15 is 0 Å². The molecule has 1 aromatic heterocycles. The van der Waals surface area contributed by atoms with Gasteiger partial charge in [-0.1, -0.05) is 30.3 Å². The molecule has 1 aliphatic heterocycles. The summed E-state index contributed by atoms with van der Waals surface area (Å²) in [7, 11) is 1.63. The fourth-order valence-corrected chi connectivity index (χ4v) is 4.44. The van der Waals surface area contributed by atoms with Gasteiger partial charge in [-0.3, -0.25) is 9.59 Å². The number of aromatic nitrogens is 1. The molecule has 0 aliphatic carbocycles. The monoisotopic (exact) mass is 421 g/mol. The molecule has 2 heterocycles. The van der Waals surface area contributed by atoms with Gasteiger partial charge in [0.2, 0.25) is 5.91 Å². The van der Waals surface area contributed by atoms with Crippen LogP contribution in [0.2, 0.25) is 0 Å². The summed E-state index contributed by atoms with van der Waals surface area (Å²) < 4.78 is 5.16. The van der Waals surface area contributed by atoms with Crippen molar-refractivity contribution in [1.29, 1.82) is 0 Å². The first-order chi connectivity index (χ1) is 14.6. The summed E-state index contributed by atoms with van der Waals surface area (Å²) in [5, 5.41) is 3.35. The second-order valence-corrected chi connectivity index (χ2v) is 8.20. The molecule has 0 bridgehead atoms. The standard InChI is InChI=1S/C23H23N3O3S/c1-29-18-9-7-16(8-10-18)15-21(27)26-13-11-19-20(12-14-26)30-23(25-19)22(28)24-17-5-3-2-4-6-17/h2-10H,11-15H2,1H3,(H,24,28). The fourth-order valence-electron chi connectivity index (χ4n) is 3.45. The Labute approximate surface area is 179 Å². The van der Waals surface area contributed by atoms with E-state index in [2.05, 4.69) is 10.3 Å². The van der Waals surface area contributed by atoms with Crippen LogP contribution in [0.25, 0.3) is 0 Å². The van der Waals surface area contributed by atoms with Crippen LogP contribution in [0.3, 0.4) is 0 Å². The van der Waals surface area contributed by atoms with Crippen molar-refractivity contribution >= 4 is 28.8 Å². The van der Waals surface area contributed by atoms with Crippen molar-refractivity contribution in [1.82, 2.24) is 9.88 Å². The highest BCUT2D eigenvalue weighted by Crippen LogP contribution is 2.24. The largest absolute Gasteiger partial charge is 0.497 e. The smallest absolute Gasteiger partial charge is 0.284 e. The van der Waals surface area contributed by atoms with Crippen LogP contribution in [0.4, 0.5) is 5.69 Å². The van der Waals surface area contributed by atoms with Gasteiger partial charge in [-0.15, -0.1) is 11.3 Å². The molecule has 0 saturated carbocycles. The number of hydrogen-bond acceptors (Lipinski definition) is 5. The lowest BCUT2D eigenvalue weighted by molar-refractivity contribution is -0.130. The molecule has 2 amide bonds. The van der Waals surface area contributed by atoms with E-state index in [-0.39, 0.29) is 11.8 Å². The Morgan fingerprint density at radius 2 is 1.80 bits per heavy atom. The number of para-hydroxylation sites is 1. The van der Waals surface area contributed by atoms with Gasteiger partial charge in [-0.05, 0) is 29.8 Å². The van der Waals surface area contributed by atoms with E-state index in [0.717, 1.165) is 34.0 Å². The molecule has 154 valence electrons. The second kappa shape index (κ2) is 9.09. The number of amides is 2. The predicted octanol–water partition coefficient (Wildman–Crippen LogP) is 3.57. The Hall–Kier alpha value is -3.19. The maximum absolute atomic E-state index is 12.7. The van der Waals surface area contributed by atoms with Crippen LogP contribution in [0.1, 0.15) is 25.9 Å². The third-order valence-electron chi connectivity index (χ3n) is 5.10. The molecule has 4 rings (SSSR count). The number of fused-ring (bicyclic) bond motifs is 1. The minimum Gasteiger partial charge on any atom is -0.497 e. The van der Waals surface area contributed by atoms with E-state index in [9.17, 15) is 9.59 Å². The fraction of sp³-hybridized carbons (Fsp3) is 0.261. The molecule has 6 nitrogen and oxygen atoms in total. The number of methoxy groups -OCH3 is 1. The first kappa shape index (κ1) is 20.1. The van der Waals surface area contributed by atoms with E-state index in [1.807, 2.05) is 59.5 Å². The Morgan fingerprint density at radius 3 is 2.53 bits per heavy atom. The van der Waals surface area contributed by atoms with Gasteiger partial charge in [0.1, 0.15) is 5.75 Å². The molecule has 2 aromatic carbocycles. The zero-order valence-electron chi connectivity index (χ0n) is 16.8. The average Bonchev–Trinajstić information content (AvgIpc) is 3.08. The van der Waals surface area contributed by atoms with E-state index < -0.39 is 0 Å². The lowest BCUT2D eigenvalue weighted by atomic mass is 10.1. The topological polar surface area (TPSA) is 71.5 Å². The SMILES string of the molecule is COc1ccc(CC(=O)N2CCc3nc(C(=O)Nc4ccccc4)sc3CC2)cc1. The maximum Gasteiger partial charge on any atom is 0.284 e. The average molecular weight is 422 g/mol. The van der Waals surface area contributed by atoms with Crippen molar-refractivity contribution < 1.29 is 14.3 Å². The minimum absolute atomic E-state index is 0.109. The summed E-state index contributed by atoms with van der Waals surface area (Å²) in [6, 6.07) is 16.9. The van der Waals surface area contributed by atoms with Crippen LogP contribution in [0, 0.1) is 0 Å². The van der Waals surface area contributed by atoms with Crippen LogP contribution in [0.5, 0.6) is 5.75 Å². The predicted molar refractivity (Wildman–Crippen MR) is 117 cm³/mol. The highest BCUT2D eigenvalue weighted by Gasteiger charge is 2.23. The molecule has 0 saturated heterocycles. The van der Waals surface area contributed by atoms with Crippen LogP contribution in [0.15, 0.2) is 54.6 Å². The molecular weight excluding hydrogens is 398 g/mol. The maximum atomic E-state index is 12.7. The Balaban J connectivity index is 1.36. The van der Waals surface area contributed by atoms with Crippen LogP contribution in [-0.4, -0.2) is 41.9 Å². The summed E-state index contributed by atoms with van der Waals surface area (Å²) in [4.78, 5) is 32.8. The Kier molecular flexibility index (Phi) is 6.09. The van der Waals surface area contributed by atoms with Crippen LogP contribution >= 0.6 is 11.3 Å². The van der Waals surface area contributed by atoms with Crippen molar-refractivity contribution in [3.63, 3.8) is 0 Å². The van der Waals surface area contributed by atoms with Crippen molar-refractivity contribution in [2.24, 2.45) is 0 Å². The molecule has 1 N–H and O–H groups in total. The number of nitrogens with one attached hydrogen (secondary N) is 1. The van der Waals surface area contributed by atoms with Crippen LogP contribution in [-0.2, 0) is 24.1 Å². The minimum atomic E-state index is -0.188. The van der Waals surface area contributed by atoms with E-state index in [1.165, 1.54) is 11.3 Å². The first-order valence-corrected chi connectivity index (χ1v) is 10.7. The zero-order valence-corrected chi connectivity index (χ0v) is 17.6. The van der Waals surface area contributed by atoms with Gasteiger partial charge < -0.3 is 15.0 Å². The summed E-state index contributed by atoms with van der Waals surface area (Å²) in [6.07, 6.45) is 1.76. The number of rotatable bonds is 5. The number of carbonyl (C=O) groups is 2. The summed E-state index contributed by atoms with van der Waals surface area (Å²) >= 11 is 1.42. The van der Waals surface area contributed by atoms with Gasteiger partial charge in [0.15, 0.2) is 5.01 Å². The van der Waals surface area contributed by atoms with Gasteiger partial charge in [-0.2, -0.15) is 0 Å². The summed E-state index contributed by atoms with van der Waals surface area (Å²) in [5.74, 6) is 0.702. The molecule has 30 heavy (non-hydrogen) atoms. The van der Waals surface area contributed by atoms with Crippen molar-refractivity contribution in [2.75, 3.05) is 25.5 Å². The number of nitrogens with zero attached hydrogens (tertiary/aromatic N) is 2. The number of thiazole rings is 1. The number of hydrogen-bond donors (Lipinski definition) is 1. The lowest BCUT2D eigenvalue weighted by Crippen LogP contribution is -2.34. The van der Waals surface area contributed by atoms with E-state index in [4.69, 9.17) is 4.74 Å². The van der Waals surface area contributed by atoms with Gasteiger partial charge in [0.25, 0.3) is 5.91 Å². The number of ether oxygens (including phenoxy) is 1. The van der Waals surface area contributed by atoms with Crippen molar-refractivity contribution in [3.8, 4) is 5.75 Å². The molecule has 0 unspecified atom stereocenters. The van der Waals surface area contributed by atoms with Gasteiger partial charge in [-0.25, -0.2) is 4.98 Å². The quantitative estimate of drug-likeness (QED) is 0.684. The highest BCUT2D eigenvalue weighted by molar-refractivity contribution is 7.13. The van der Waals surface area contributed by atoms with E-state index in [1.54, 1.807) is 7.11 Å². The van der Waals surface area contributed by atoms with Gasteiger partial charge >= 0.3 is 0 Å². The van der Waals surface area contributed by atoms with Gasteiger partial charge in [0, 0.05) is 36.5 Å². The summed E-state index contributed by atoms with van der Waals surface area (Å²) in [6.45, 7) is 1.26. The zero-order chi connectivity index (χ0) is 20.9. The Bertz CT molecular complexity index is 1010. The molecule has 7 heteroatoms. The first-order valence-electron chi connectivity index (χ1n) is 9.88. The van der Waals surface area contributed by atoms with Crippen molar-refractivity contribution in [2.45, 2.75) is 19.3 Å². The third-order valence-corrected chi connectivity index (χ3v) is 6.25. The molecule has 3 aromatic rings. The molecule has 0 atom stereocenters. The molecular formula is C23H23N3O3S. The third kappa shape index (κ3) is 4.68. The second-order valence-electron chi connectivity index (χ2n) is 7.11. The highest BCUT2D eigenvalue weighted by atomic mass is 32.1. The normalized spacial score (nSPS) is 13.3. The molecule has 0 spiro atoms. The molecule has 0 radical (unpaired) electrons. The van der Waals surface area contributed by atoms with Gasteiger partial charge in [0.05, 0.1) is 19.2 Å². The number of benzene rings is 2. The molecule has 1 aliphatic rings. The van der Waals surface area contributed by atoms with E-state index in [0.29, 0.717) is 30.9 Å².